The lowest BCUT2D eigenvalue weighted by Crippen LogP contribution is -2.27. The van der Waals surface area contributed by atoms with Crippen molar-refractivity contribution < 1.29 is 4.79 Å². The van der Waals surface area contributed by atoms with Crippen LogP contribution >= 0.6 is 0 Å². The van der Waals surface area contributed by atoms with Crippen molar-refractivity contribution in [2.45, 2.75) is 27.2 Å². The molecule has 2 rings (SSSR count). The molecule has 1 aliphatic rings. The van der Waals surface area contributed by atoms with Gasteiger partial charge in [0.25, 0.3) is 5.91 Å². The molecule has 1 heterocycles. The molecule has 0 saturated heterocycles. The third-order valence-electron chi connectivity index (χ3n) is 3.54. The Morgan fingerprint density at radius 1 is 1.50 bits per heavy atom. The number of aromatic nitrogens is 2. The van der Waals surface area contributed by atoms with Gasteiger partial charge in [0.05, 0.1) is 0 Å². The molecule has 2 N–H and O–H groups in total. The summed E-state index contributed by atoms with van der Waals surface area (Å²) in [6.07, 6.45) is 1.18. The Balaban J connectivity index is 1.98. The van der Waals surface area contributed by atoms with Crippen molar-refractivity contribution in [3.63, 3.8) is 0 Å². The van der Waals surface area contributed by atoms with Gasteiger partial charge in [-0.1, -0.05) is 13.8 Å². The number of nitrogens with one attached hydrogen (secondary N) is 2. The number of nitrogens with zero attached hydrogens (tertiary/aromatic N) is 2. The first-order valence-electron chi connectivity index (χ1n) is 6.24. The van der Waals surface area contributed by atoms with Gasteiger partial charge < -0.3 is 10.6 Å². The van der Waals surface area contributed by atoms with Gasteiger partial charge in [0.1, 0.15) is 5.69 Å². The SMILES string of the molecule is CNc1nc(C)cc(C(=O)NCC2CC2(C)C)n1. The summed E-state index contributed by atoms with van der Waals surface area (Å²) in [7, 11) is 1.74. The van der Waals surface area contributed by atoms with Crippen molar-refractivity contribution in [1.29, 1.82) is 0 Å². The molecule has 1 amide bonds. The fourth-order valence-corrected chi connectivity index (χ4v) is 2.03. The zero-order valence-corrected chi connectivity index (χ0v) is 11.4. The molecule has 0 radical (unpaired) electrons. The number of aryl methyl sites for hydroxylation is 1. The molecule has 1 atom stereocenters. The van der Waals surface area contributed by atoms with Crippen LogP contribution in [0.1, 0.15) is 36.5 Å². The molecule has 0 spiro atoms. The van der Waals surface area contributed by atoms with Gasteiger partial charge in [-0.2, -0.15) is 0 Å². The second kappa shape index (κ2) is 4.55. The van der Waals surface area contributed by atoms with Crippen LogP contribution in [0.2, 0.25) is 0 Å². The summed E-state index contributed by atoms with van der Waals surface area (Å²) in [5.41, 5.74) is 1.59. The average molecular weight is 248 g/mol. The monoisotopic (exact) mass is 248 g/mol. The largest absolute Gasteiger partial charge is 0.357 e. The highest BCUT2D eigenvalue weighted by atomic mass is 16.1. The molecular weight excluding hydrogens is 228 g/mol. The molecule has 5 nitrogen and oxygen atoms in total. The summed E-state index contributed by atoms with van der Waals surface area (Å²) >= 11 is 0. The Labute approximate surface area is 107 Å². The maximum atomic E-state index is 12.0. The summed E-state index contributed by atoms with van der Waals surface area (Å²) in [5, 5.41) is 5.79. The fraction of sp³-hybridized carbons (Fsp3) is 0.615. The number of amides is 1. The van der Waals surface area contributed by atoms with E-state index in [9.17, 15) is 4.79 Å². The maximum Gasteiger partial charge on any atom is 0.270 e. The minimum absolute atomic E-state index is 0.125. The molecule has 1 aliphatic carbocycles. The third kappa shape index (κ3) is 2.78. The first kappa shape index (κ1) is 12.8. The lowest BCUT2D eigenvalue weighted by atomic mass is 10.1. The Hall–Kier alpha value is -1.65. The quantitative estimate of drug-likeness (QED) is 0.849. The second-order valence-corrected chi connectivity index (χ2v) is 5.57. The van der Waals surface area contributed by atoms with Crippen LogP contribution in [0, 0.1) is 18.3 Å². The van der Waals surface area contributed by atoms with Crippen LogP contribution in [0.4, 0.5) is 5.95 Å². The van der Waals surface area contributed by atoms with Crippen LogP contribution in [0.25, 0.3) is 0 Å². The van der Waals surface area contributed by atoms with Crippen LogP contribution in [0.3, 0.4) is 0 Å². The summed E-state index contributed by atoms with van der Waals surface area (Å²) in [6, 6.07) is 1.70. The van der Waals surface area contributed by atoms with Crippen LogP contribution in [0.5, 0.6) is 0 Å². The molecule has 1 saturated carbocycles. The van der Waals surface area contributed by atoms with Crippen molar-refractivity contribution in [2.24, 2.45) is 11.3 Å². The molecule has 0 bridgehead atoms. The van der Waals surface area contributed by atoms with Gasteiger partial charge in [-0.05, 0) is 30.7 Å². The van der Waals surface area contributed by atoms with Crippen LogP contribution in [-0.2, 0) is 0 Å². The van der Waals surface area contributed by atoms with E-state index in [-0.39, 0.29) is 5.91 Å². The predicted octanol–water partition coefficient (Wildman–Crippen LogP) is 1.60. The van der Waals surface area contributed by atoms with Crippen LogP contribution in [-0.4, -0.2) is 29.5 Å². The fourth-order valence-electron chi connectivity index (χ4n) is 2.03. The normalized spacial score (nSPS) is 20.3. The Morgan fingerprint density at radius 2 is 2.17 bits per heavy atom. The smallest absolute Gasteiger partial charge is 0.270 e. The van der Waals surface area contributed by atoms with Crippen molar-refractivity contribution >= 4 is 11.9 Å². The van der Waals surface area contributed by atoms with Crippen LogP contribution < -0.4 is 10.6 Å². The lowest BCUT2D eigenvalue weighted by molar-refractivity contribution is 0.0945. The average Bonchev–Trinajstić information content (AvgIpc) is 2.93. The molecule has 0 aromatic carbocycles. The van der Waals surface area contributed by atoms with Crippen LogP contribution in [0.15, 0.2) is 6.07 Å². The maximum absolute atomic E-state index is 12.0. The summed E-state index contributed by atoms with van der Waals surface area (Å²) in [5.74, 6) is 0.944. The number of carbonyl (C=O) groups excluding carboxylic acids is 1. The van der Waals surface area contributed by atoms with Crippen molar-refractivity contribution in [1.82, 2.24) is 15.3 Å². The van der Waals surface area contributed by atoms with E-state index >= 15 is 0 Å². The summed E-state index contributed by atoms with van der Waals surface area (Å²) < 4.78 is 0. The zero-order chi connectivity index (χ0) is 13.3. The molecule has 1 aromatic heterocycles. The van der Waals surface area contributed by atoms with E-state index < -0.39 is 0 Å². The first-order chi connectivity index (χ1) is 8.42. The molecule has 18 heavy (non-hydrogen) atoms. The Kier molecular flexibility index (Phi) is 3.24. The predicted molar refractivity (Wildman–Crippen MR) is 70.5 cm³/mol. The van der Waals surface area contributed by atoms with E-state index in [0.717, 1.165) is 12.2 Å². The standard InChI is InChI=1S/C13H20N4O/c1-8-5-10(17-12(14-4)16-8)11(18)15-7-9-6-13(9,2)3/h5,9H,6-7H2,1-4H3,(H,15,18)(H,14,16,17). The van der Waals surface area contributed by atoms with E-state index in [1.165, 1.54) is 6.42 Å². The highest BCUT2D eigenvalue weighted by molar-refractivity contribution is 5.92. The minimum Gasteiger partial charge on any atom is -0.357 e. The zero-order valence-electron chi connectivity index (χ0n) is 11.4. The molecular formula is C13H20N4O. The molecule has 98 valence electrons. The van der Waals surface area contributed by atoms with Gasteiger partial charge in [-0.15, -0.1) is 0 Å². The summed E-state index contributed by atoms with van der Waals surface area (Å²) in [4.78, 5) is 20.3. The van der Waals surface area contributed by atoms with Gasteiger partial charge in [0, 0.05) is 19.3 Å². The number of anilines is 1. The first-order valence-corrected chi connectivity index (χ1v) is 6.24. The van der Waals surface area contributed by atoms with Gasteiger partial charge >= 0.3 is 0 Å². The second-order valence-electron chi connectivity index (χ2n) is 5.57. The minimum atomic E-state index is -0.125. The van der Waals surface area contributed by atoms with E-state index in [1.807, 2.05) is 6.92 Å². The van der Waals surface area contributed by atoms with E-state index in [4.69, 9.17) is 0 Å². The number of hydrogen-bond donors (Lipinski definition) is 2. The molecule has 0 aliphatic heterocycles. The van der Waals surface area contributed by atoms with Gasteiger partial charge in [-0.25, -0.2) is 9.97 Å². The highest BCUT2D eigenvalue weighted by Gasteiger charge is 2.45. The molecule has 1 unspecified atom stereocenters. The lowest BCUT2D eigenvalue weighted by Gasteiger charge is -2.07. The van der Waals surface area contributed by atoms with Crippen molar-refractivity contribution in [3.05, 3.63) is 17.5 Å². The van der Waals surface area contributed by atoms with Crippen molar-refractivity contribution in [2.75, 3.05) is 18.9 Å². The third-order valence-corrected chi connectivity index (χ3v) is 3.54. The molecule has 5 heteroatoms. The Morgan fingerprint density at radius 3 is 2.72 bits per heavy atom. The number of carbonyl (C=O) groups is 1. The highest BCUT2D eigenvalue weighted by Crippen LogP contribution is 2.50. The molecule has 1 fully saturated rings. The van der Waals surface area contributed by atoms with E-state index in [2.05, 4.69) is 34.4 Å². The Bertz CT molecular complexity index is 470. The number of hydrogen-bond acceptors (Lipinski definition) is 4. The summed E-state index contributed by atoms with van der Waals surface area (Å²) in [6.45, 7) is 7.02. The van der Waals surface area contributed by atoms with Gasteiger partial charge in [0.15, 0.2) is 0 Å². The van der Waals surface area contributed by atoms with E-state index in [1.54, 1.807) is 13.1 Å². The topological polar surface area (TPSA) is 66.9 Å². The molecule has 1 aromatic rings. The van der Waals surface area contributed by atoms with E-state index in [0.29, 0.717) is 23.0 Å². The number of rotatable bonds is 4. The van der Waals surface area contributed by atoms with Gasteiger partial charge in [-0.3, -0.25) is 4.79 Å². The van der Waals surface area contributed by atoms with Gasteiger partial charge in [0.2, 0.25) is 5.95 Å². The van der Waals surface area contributed by atoms with Crippen molar-refractivity contribution in [3.8, 4) is 0 Å².